The topological polar surface area (TPSA) is 168 Å². The maximum absolute atomic E-state index is 15.0. The number of rotatable bonds is 11. The van der Waals surface area contributed by atoms with Crippen LogP contribution in [-0.4, -0.2) is 66.3 Å². The molecule has 4 bridgehead atoms. The summed E-state index contributed by atoms with van der Waals surface area (Å²) in [5, 5.41) is 0. The summed E-state index contributed by atoms with van der Waals surface area (Å²) in [6.45, 7) is 16.0. The predicted octanol–water partition coefficient (Wildman–Crippen LogP) is 7.55. The molecule has 13 nitrogen and oxygen atoms in total. The first-order valence-corrected chi connectivity index (χ1v) is 21.1. The van der Waals surface area contributed by atoms with Crippen molar-refractivity contribution >= 4 is 37.3 Å². The van der Waals surface area contributed by atoms with Crippen molar-refractivity contribution in [1.82, 2.24) is 9.55 Å². The second kappa shape index (κ2) is 13.0. The van der Waals surface area contributed by atoms with E-state index in [9.17, 15) is 19.1 Å². The van der Waals surface area contributed by atoms with Gasteiger partial charge in [-0.3, -0.25) is 14.6 Å². The van der Waals surface area contributed by atoms with Crippen molar-refractivity contribution in [2.24, 2.45) is 28.7 Å². The van der Waals surface area contributed by atoms with Crippen molar-refractivity contribution in [2.75, 3.05) is 7.11 Å². The molecule has 7 atom stereocenters. The van der Waals surface area contributed by atoms with E-state index in [1.165, 1.54) is 12.7 Å². The lowest BCUT2D eigenvalue weighted by atomic mass is 9.59. The Hall–Kier alpha value is -4.03. The number of imidazole rings is 1. The lowest BCUT2D eigenvalue weighted by molar-refractivity contribution is -0.173. The van der Waals surface area contributed by atoms with Gasteiger partial charge < -0.3 is 28.0 Å². The number of Topliss-reactive ketones (excluding diaryl/α,β-unsaturated/α-hetero) is 1. The molecule has 56 heavy (non-hydrogen) atoms. The normalized spacial score (nSPS) is 31.4. The van der Waals surface area contributed by atoms with Crippen LogP contribution in [0.15, 0.2) is 46.8 Å². The number of phosphoric ester groups is 1. The van der Waals surface area contributed by atoms with Gasteiger partial charge in [0.1, 0.15) is 17.1 Å². The van der Waals surface area contributed by atoms with Crippen molar-refractivity contribution in [3.8, 4) is 17.2 Å². The molecular weight excluding hydrogens is 737 g/mol. The Bertz CT molecular complexity index is 2210. The molecule has 0 radical (unpaired) electrons. The van der Waals surface area contributed by atoms with Crippen molar-refractivity contribution in [1.29, 1.82) is 0 Å². The number of aliphatic imine (C=N–C) groups is 1. The second-order valence-corrected chi connectivity index (χ2v) is 18.9. The van der Waals surface area contributed by atoms with Gasteiger partial charge in [-0.15, -0.1) is 0 Å². The second-order valence-electron chi connectivity index (χ2n) is 17.7. The SMILES string of the molecule is COC(=O)C(C)=CCC12OC(C)(C)C3C(CC1=O)C1C4C(=Nc5nccn51)c1c(OP(=O)(O)O)c5c(c(CCC(C)C)c1OC432)OC(C)(CCC=C(C)C)C=C5. The van der Waals surface area contributed by atoms with Crippen LogP contribution < -0.4 is 14.0 Å². The van der Waals surface area contributed by atoms with E-state index in [1.807, 2.05) is 57.5 Å². The minimum absolute atomic E-state index is 0.0296. The van der Waals surface area contributed by atoms with Crippen LogP contribution in [0.25, 0.3) is 6.08 Å². The summed E-state index contributed by atoms with van der Waals surface area (Å²) in [6, 6.07) is -0.360. The van der Waals surface area contributed by atoms with Gasteiger partial charge in [-0.05, 0) is 91.2 Å². The van der Waals surface area contributed by atoms with Crippen molar-refractivity contribution in [3.63, 3.8) is 0 Å². The van der Waals surface area contributed by atoms with Crippen LogP contribution >= 0.6 is 7.82 Å². The van der Waals surface area contributed by atoms with Crippen LogP contribution in [0, 0.1) is 23.7 Å². The van der Waals surface area contributed by atoms with Gasteiger partial charge in [0, 0.05) is 42.3 Å². The molecule has 1 saturated heterocycles. The molecule has 1 aromatic carbocycles. The largest absolute Gasteiger partial charge is 0.524 e. The number of carbonyl (C=O) groups is 2. The number of allylic oxidation sites excluding steroid dienone is 2. The predicted molar refractivity (Wildman–Crippen MR) is 208 cm³/mol. The summed E-state index contributed by atoms with van der Waals surface area (Å²) >= 11 is 0. The fourth-order valence-electron chi connectivity index (χ4n) is 10.8. The highest BCUT2D eigenvalue weighted by Gasteiger charge is 2.86. The molecular formula is C42H52N3O10P. The zero-order valence-corrected chi connectivity index (χ0v) is 34.4. The zero-order valence-electron chi connectivity index (χ0n) is 33.5. The fraction of sp³-hybridized carbons (Fsp3) is 0.571. The molecule has 8 rings (SSSR count). The van der Waals surface area contributed by atoms with Crippen LogP contribution in [0.1, 0.15) is 110 Å². The third-order valence-electron chi connectivity index (χ3n) is 12.8. The number of benzene rings is 1. The molecule has 7 unspecified atom stereocenters. The van der Waals surface area contributed by atoms with Crippen molar-refractivity contribution < 1.29 is 47.4 Å². The Balaban J connectivity index is 1.45. The van der Waals surface area contributed by atoms with Crippen LogP contribution in [0.5, 0.6) is 17.2 Å². The highest BCUT2D eigenvalue weighted by molar-refractivity contribution is 7.46. The Kier molecular flexibility index (Phi) is 9.01. The molecule has 1 aromatic heterocycles. The smallest absolute Gasteiger partial charge is 0.482 e. The summed E-state index contributed by atoms with van der Waals surface area (Å²) in [6.07, 6.45) is 14.0. The van der Waals surface area contributed by atoms with Crippen molar-refractivity contribution in [2.45, 2.75) is 122 Å². The first-order chi connectivity index (χ1) is 26.3. The fourth-order valence-corrected chi connectivity index (χ4v) is 11.2. The van der Waals surface area contributed by atoms with E-state index in [4.69, 9.17) is 28.5 Å². The van der Waals surface area contributed by atoms with Gasteiger partial charge in [0.2, 0.25) is 5.95 Å². The molecule has 0 amide bonds. The Morgan fingerprint density at radius 3 is 2.57 bits per heavy atom. The number of nitrogens with zero attached hydrogens (tertiary/aromatic N) is 3. The van der Waals surface area contributed by atoms with Crippen LogP contribution in [0.3, 0.4) is 0 Å². The van der Waals surface area contributed by atoms with E-state index in [0.717, 1.165) is 12.8 Å². The number of ketones is 1. The molecule has 2 aromatic rings. The Labute approximate surface area is 327 Å². The van der Waals surface area contributed by atoms with Gasteiger partial charge in [-0.2, -0.15) is 0 Å². The molecule has 14 heteroatoms. The zero-order chi connectivity index (χ0) is 40.3. The molecule has 6 aliphatic rings. The number of methoxy groups -OCH3 is 1. The average Bonchev–Trinajstić information content (AvgIpc) is 3.71. The summed E-state index contributed by atoms with van der Waals surface area (Å²) in [5.74, 6) is -0.599. The number of aromatic nitrogens is 2. The van der Waals surface area contributed by atoms with Gasteiger partial charge in [0.15, 0.2) is 22.7 Å². The van der Waals surface area contributed by atoms with E-state index >= 15 is 4.79 Å². The van der Waals surface area contributed by atoms with E-state index < -0.39 is 42.1 Å². The summed E-state index contributed by atoms with van der Waals surface area (Å²) in [7, 11) is -3.86. The summed E-state index contributed by atoms with van der Waals surface area (Å²) < 4.78 is 47.5. The average molecular weight is 790 g/mol. The molecule has 2 saturated carbocycles. The standard InChI is InChI=1S/C42H52N3O10P/c1-22(2)11-10-16-40(8)17-15-26-33(52-40)25(13-12-23(3)4)34-29(35(26)54-56(48,49)50)31-30-32(45-20-19-43-38(45)44-31)27-21-28(46)41(18-14-24(5)37(47)51-9)42(30,53-34)36(27)39(6,7)55-41/h11,14-15,17,19-20,23,27,30,32,36H,10,12-13,16,18,21H2,1-9H3,(H2,48,49,50). The highest BCUT2D eigenvalue weighted by Crippen LogP contribution is 2.75. The molecule has 4 aliphatic heterocycles. The molecule has 300 valence electrons. The minimum atomic E-state index is -5.18. The number of carbonyl (C=O) groups excluding carboxylic acids is 2. The first-order valence-electron chi connectivity index (χ1n) is 19.6. The molecule has 2 aliphatic carbocycles. The number of phosphoric acid groups is 1. The van der Waals surface area contributed by atoms with Crippen LogP contribution in [-0.2, 0) is 30.0 Å². The maximum atomic E-state index is 15.0. The number of ether oxygens (including phenoxy) is 4. The van der Waals surface area contributed by atoms with E-state index in [2.05, 4.69) is 24.9 Å². The molecule has 2 N–H and O–H groups in total. The monoisotopic (exact) mass is 789 g/mol. The van der Waals surface area contributed by atoms with Gasteiger partial charge in [0.05, 0.1) is 41.5 Å². The number of esters is 1. The van der Waals surface area contributed by atoms with Gasteiger partial charge in [0.25, 0.3) is 0 Å². The Morgan fingerprint density at radius 1 is 1.14 bits per heavy atom. The van der Waals surface area contributed by atoms with Crippen molar-refractivity contribution in [3.05, 3.63) is 58.5 Å². The van der Waals surface area contributed by atoms with Gasteiger partial charge in [-0.25, -0.2) is 19.3 Å². The van der Waals surface area contributed by atoms with Crippen LogP contribution in [0.2, 0.25) is 0 Å². The lowest BCUT2D eigenvalue weighted by Gasteiger charge is -2.52. The van der Waals surface area contributed by atoms with E-state index in [1.54, 1.807) is 19.2 Å². The minimum Gasteiger partial charge on any atom is -0.482 e. The first kappa shape index (κ1) is 38.8. The third-order valence-corrected chi connectivity index (χ3v) is 13.3. The number of hydrogen-bond donors (Lipinski definition) is 2. The van der Waals surface area contributed by atoms with Gasteiger partial charge in [-0.1, -0.05) is 31.6 Å². The third kappa shape index (κ3) is 5.62. The van der Waals surface area contributed by atoms with E-state index in [-0.39, 0.29) is 48.2 Å². The maximum Gasteiger partial charge on any atom is 0.524 e. The number of fused-ring (bicyclic) bond motifs is 6. The molecule has 1 spiro atoms. The Morgan fingerprint density at radius 2 is 1.89 bits per heavy atom. The summed E-state index contributed by atoms with van der Waals surface area (Å²) in [5.41, 5.74) is -1.19. The number of hydrogen-bond acceptors (Lipinski definition) is 10. The molecule has 5 heterocycles. The van der Waals surface area contributed by atoms with E-state index in [0.29, 0.717) is 58.3 Å². The molecule has 3 fully saturated rings. The lowest BCUT2D eigenvalue weighted by Crippen LogP contribution is -2.69. The van der Waals surface area contributed by atoms with Gasteiger partial charge >= 0.3 is 13.8 Å². The highest BCUT2D eigenvalue weighted by atomic mass is 31.2. The summed E-state index contributed by atoms with van der Waals surface area (Å²) in [4.78, 5) is 58.6. The quantitative estimate of drug-likeness (QED) is 0.0998. The van der Waals surface area contributed by atoms with Crippen LogP contribution in [0.4, 0.5) is 5.95 Å².